The molecule has 446 valence electrons. The van der Waals surface area contributed by atoms with Crippen LogP contribution in [0.15, 0.2) is 182 Å². The Bertz CT molecular complexity index is 3660. The summed E-state index contributed by atoms with van der Waals surface area (Å²) in [7, 11) is 0. The van der Waals surface area contributed by atoms with Crippen molar-refractivity contribution >= 4 is 80.6 Å². The fourth-order valence-electron chi connectivity index (χ4n) is 9.77. The number of halogens is 4. The van der Waals surface area contributed by atoms with Gasteiger partial charge >= 0.3 is 18.4 Å². The molecular weight excluding hydrogens is 1130 g/mol. The highest BCUT2D eigenvalue weighted by atomic mass is 35.5. The van der Waals surface area contributed by atoms with Crippen LogP contribution in [0, 0.1) is 0 Å². The fourth-order valence-corrected chi connectivity index (χ4v) is 9.95. The normalized spacial score (nSPS) is 12.9. The van der Waals surface area contributed by atoms with Crippen LogP contribution in [-0.4, -0.2) is 81.9 Å². The Morgan fingerprint density at radius 1 is 0.547 bits per heavy atom. The van der Waals surface area contributed by atoms with Crippen molar-refractivity contribution in [1.29, 1.82) is 0 Å². The number of esters is 1. The molecule has 0 aliphatic carbocycles. The lowest BCUT2D eigenvalue weighted by molar-refractivity contribution is -0.274. The number of anilines is 1. The number of nitrogens with zero attached hydrogens (tertiary/aromatic N) is 1. The Hall–Kier alpha value is -9.49. The van der Waals surface area contributed by atoms with Crippen molar-refractivity contribution in [1.82, 2.24) is 25.8 Å². The maximum Gasteiger partial charge on any atom is 0.573 e. The predicted octanol–water partition coefficient (Wildman–Crippen LogP) is 11.7. The van der Waals surface area contributed by atoms with Gasteiger partial charge in [0, 0.05) is 28.9 Å². The predicted molar refractivity (Wildman–Crippen MR) is 320 cm³/mol. The summed E-state index contributed by atoms with van der Waals surface area (Å²) in [6.45, 7) is 9.73. The number of carbonyl (C=O) groups is 7. The minimum atomic E-state index is -5.01. The molecule has 8 aromatic rings. The lowest BCUT2D eigenvalue weighted by atomic mass is 9.77. The minimum Gasteiger partial charge on any atom is -0.460 e. The molecule has 3 unspecified atom stereocenters. The molecule has 0 radical (unpaired) electrons. The molecule has 0 aliphatic rings. The van der Waals surface area contributed by atoms with Gasteiger partial charge in [0.2, 0.25) is 23.6 Å². The molecule has 8 rings (SSSR count). The number of carbonyl (C=O) groups excluding carboxylic acids is 7. The van der Waals surface area contributed by atoms with Gasteiger partial charge in [-0.1, -0.05) is 145 Å². The van der Waals surface area contributed by atoms with Gasteiger partial charge in [0.25, 0.3) is 5.91 Å². The molecule has 3 atom stereocenters. The van der Waals surface area contributed by atoms with Gasteiger partial charge in [-0.05, 0) is 130 Å². The molecule has 20 heteroatoms. The Morgan fingerprint density at radius 3 is 1.66 bits per heavy atom. The summed E-state index contributed by atoms with van der Waals surface area (Å²) in [6.07, 6.45) is -7.78. The molecule has 16 nitrogen and oxygen atoms in total. The summed E-state index contributed by atoms with van der Waals surface area (Å²) in [5, 5.41) is 16.2. The van der Waals surface area contributed by atoms with Crippen molar-refractivity contribution < 1.29 is 60.9 Å². The number of hydrogen-bond acceptors (Lipinski definition) is 10. The van der Waals surface area contributed by atoms with E-state index in [1.54, 1.807) is 53.7 Å². The van der Waals surface area contributed by atoms with Crippen LogP contribution < -0.4 is 31.3 Å². The molecule has 1 heterocycles. The first-order valence-electron chi connectivity index (χ1n) is 27.5. The Kier molecular flexibility index (Phi) is 19.4. The Labute approximate surface area is 499 Å². The second-order valence-corrected chi connectivity index (χ2v) is 22.8. The van der Waals surface area contributed by atoms with Crippen LogP contribution in [0.5, 0.6) is 5.75 Å². The molecule has 5 N–H and O–H groups in total. The summed E-state index contributed by atoms with van der Waals surface area (Å²) in [6, 6.07) is 45.6. The van der Waals surface area contributed by atoms with Crippen LogP contribution in [0.3, 0.4) is 0 Å². The molecule has 1 aromatic heterocycles. The first-order valence-corrected chi connectivity index (χ1v) is 27.9. The molecule has 0 saturated carbocycles. The van der Waals surface area contributed by atoms with Gasteiger partial charge in [0.05, 0.1) is 11.9 Å². The van der Waals surface area contributed by atoms with Gasteiger partial charge < -0.3 is 40.8 Å². The third-order valence-electron chi connectivity index (χ3n) is 13.5. The molecule has 7 aromatic carbocycles. The standard InChI is InChI=1S/C66H64ClF3N6O10/c1-63(2,3)85-57(78)40-53(73-59(80)52(37-41-26-27-42-18-16-17-19-43(42)36-41)74-61(82)55-39-44-38-48(67)28-34-54(44)76(55)62(83)86-64(4,5)6)60(81)72-51(58(79)71-49-29-31-50(32-30-49)84-66(68,69)70)33-35-56(77)75-65(45-20-10-7-11-21-45,46-22-12-8-13-23-46)47-24-14-9-15-25-47/h7-32,34,36,38-39,51-53H,33,35,37,40H2,1-6H3,(H,71,79)(H,72,81)(H,73,80)(H,74,82)(H,75,77). The lowest BCUT2D eigenvalue weighted by Crippen LogP contribution is -2.57. The van der Waals surface area contributed by atoms with E-state index in [4.69, 9.17) is 21.1 Å². The van der Waals surface area contributed by atoms with Crippen molar-refractivity contribution in [3.63, 3.8) is 0 Å². The fraction of sp³-hybridized carbons (Fsp3) is 0.258. The molecule has 0 saturated heterocycles. The smallest absolute Gasteiger partial charge is 0.460 e. The number of nitrogens with one attached hydrogen (secondary N) is 5. The van der Waals surface area contributed by atoms with E-state index in [0.29, 0.717) is 32.7 Å². The first-order chi connectivity index (χ1) is 40.7. The zero-order chi connectivity index (χ0) is 62.0. The number of hydrogen-bond donors (Lipinski definition) is 5. The monoisotopic (exact) mass is 1190 g/mol. The zero-order valence-corrected chi connectivity index (χ0v) is 48.7. The minimum absolute atomic E-state index is 0.0239. The summed E-state index contributed by atoms with van der Waals surface area (Å²) < 4.78 is 55.8. The number of aromatic nitrogens is 1. The van der Waals surface area contributed by atoms with Crippen molar-refractivity contribution in [2.75, 3.05) is 5.32 Å². The number of benzene rings is 7. The van der Waals surface area contributed by atoms with Gasteiger partial charge in [-0.25, -0.2) is 9.36 Å². The van der Waals surface area contributed by atoms with E-state index < -0.39 is 108 Å². The van der Waals surface area contributed by atoms with Gasteiger partial charge in [0.15, 0.2) is 0 Å². The van der Waals surface area contributed by atoms with E-state index >= 15 is 4.79 Å². The third kappa shape index (κ3) is 16.4. The summed E-state index contributed by atoms with van der Waals surface area (Å²) in [4.78, 5) is 102. The van der Waals surface area contributed by atoms with E-state index in [2.05, 4.69) is 31.3 Å². The van der Waals surface area contributed by atoms with Crippen molar-refractivity contribution in [2.24, 2.45) is 0 Å². The van der Waals surface area contributed by atoms with Crippen LogP contribution >= 0.6 is 11.6 Å². The van der Waals surface area contributed by atoms with E-state index in [-0.39, 0.29) is 23.3 Å². The lowest BCUT2D eigenvalue weighted by Gasteiger charge is -2.37. The van der Waals surface area contributed by atoms with Crippen molar-refractivity contribution in [3.8, 4) is 5.75 Å². The summed E-state index contributed by atoms with van der Waals surface area (Å²) in [5.74, 6) is -6.07. The maximum atomic E-state index is 15.1. The molecule has 0 fully saturated rings. The molecule has 0 bridgehead atoms. The van der Waals surface area contributed by atoms with E-state index in [1.165, 1.54) is 18.2 Å². The Morgan fingerprint density at radius 2 is 1.09 bits per heavy atom. The number of alkyl halides is 3. The van der Waals surface area contributed by atoms with Crippen LogP contribution in [0.2, 0.25) is 5.02 Å². The Balaban J connectivity index is 1.14. The van der Waals surface area contributed by atoms with Crippen LogP contribution in [0.1, 0.15) is 93.5 Å². The average molecular weight is 1190 g/mol. The van der Waals surface area contributed by atoms with E-state index in [1.807, 2.05) is 127 Å². The van der Waals surface area contributed by atoms with Crippen LogP contribution in [0.4, 0.5) is 23.7 Å². The van der Waals surface area contributed by atoms with Gasteiger partial charge in [-0.3, -0.25) is 28.8 Å². The SMILES string of the molecule is CC(C)(C)OC(=O)CC(NC(=O)C(Cc1ccc2ccccc2c1)NC(=O)c1cc2cc(Cl)ccc2n1C(=O)OC(C)(C)C)C(=O)NC(CCC(=O)NC(c1ccccc1)(c1ccccc1)c1ccccc1)C(=O)Nc1ccc(OC(F)(F)F)cc1. The largest absolute Gasteiger partial charge is 0.573 e. The third-order valence-corrected chi connectivity index (χ3v) is 13.7. The van der Waals surface area contributed by atoms with Crippen LogP contribution in [-0.2, 0) is 45.4 Å². The van der Waals surface area contributed by atoms with Crippen molar-refractivity contribution in [2.45, 2.75) is 108 Å². The molecule has 0 spiro atoms. The number of rotatable bonds is 20. The van der Waals surface area contributed by atoms with E-state index in [9.17, 15) is 41.9 Å². The number of fused-ring (bicyclic) bond motifs is 2. The summed E-state index contributed by atoms with van der Waals surface area (Å²) >= 11 is 6.35. The maximum absolute atomic E-state index is 15.1. The highest BCUT2D eigenvalue weighted by molar-refractivity contribution is 6.31. The van der Waals surface area contributed by atoms with Gasteiger partial charge in [-0.2, -0.15) is 0 Å². The topological polar surface area (TPSA) is 212 Å². The number of ether oxygens (including phenoxy) is 3. The molecular formula is C66H64ClF3N6O10. The number of amides is 5. The zero-order valence-electron chi connectivity index (χ0n) is 47.9. The second kappa shape index (κ2) is 26.6. The molecule has 0 aliphatic heterocycles. The van der Waals surface area contributed by atoms with Gasteiger partial charge in [-0.15, -0.1) is 13.2 Å². The van der Waals surface area contributed by atoms with Crippen LogP contribution in [0.25, 0.3) is 21.7 Å². The first kappa shape index (κ1) is 62.6. The second-order valence-electron chi connectivity index (χ2n) is 22.4. The summed E-state index contributed by atoms with van der Waals surface area (Å²) in [5.41, 5.74) is -0.728. The molecule has 86 heavy (non-hydrogen) atoms. The van der Waals surface area contributed by atoms with Crippen molar-refractivity contribution in [3.05, 3.63) is 215 Å². The highest BCUT2D eigenvalue weighted by Crippen LogP contribution is 2.37. The van der Waals surface area contributed by atoms with E-state index in [0.717, 1.165) is 39.6 Å². The average Bonchev–Trinajstić information content (AvgIpc) is 1.24. The quantitative estimate of drug-likeness (QED) is 0.0360. The van der Waals surface area contributed by atoms with Gasteiger partial charge in [0.1, 0.15) is 46.3 Å². The highest BCUT2D eigenvalue weighted by Gasteiger charge is 2.39. The molecule has 5 amide bonds.